The Morgan fingerprint density at radius 1 is 1.26 bits per heavy atom. The molecule has 4 heterocycles. The van der Waals surface area contributed by atoms with Gasteiger partial charge in [-0.2, -0.15) is 4.31 Å². The van der Waals surface area contributed by atoms with E-state index in [0.717, 1.165) is 21.8 Å². The molecule has 1 unspecified atom stereocenters. The van der Waals surface area contributed by atoms with Gasteiger partial charge < -0.3 is 19.7 Å². The maximum atomic E-state index is 13.2. The maximum absolute atomic E-state index is 13.2. The zero-order valence-electron chi connectivity index (χ0n) is 19.4. The molecule has 1 fully saturated rings. The molecule has 13 heteroatoms. The third kappa shape index (κ3) is 5.22. The number of rotatable bonds is 6. The van der Waals surface area contributed by atoms with Gasteiger partial charge in [0.25, 0.3) is 10.0 Å². The lowest BCUT2D eigenvalue weighted by molar-refractivity contribution is -0.120. The number of carbonyl (C=O) groups is 3. The van der Waals surface area contributed by atoms with Crippen LogP contribution in [0.25, 0.3) is 0 Å². The molecule has 0 aromatic carbocycles. The molecule has 1 N–H and O–H groups in total. The van der Waals surface area contributed by atoms with Crippen molar-refractivity contribution in [2.45, 2.75) is 36.9 Å². The van der Waals surface area contributed by atoms with Crippen molar-refractivity contribution in [1.82, 2.24) is 9.21 Å². The van der Waals surface area contributed by atoms with Crippen molar-refractivity contribution in [1.29, 1.82) is 0 Å². The smallest absolute Gasteiger partial charge is 0.410 e. The van der Waals surface area contributed by atoms with Gasteiger partial charge in [0.1, 0.15) is 9.21 Å². The number of carbonyl (C=O) groups excluding carboxylic acids is 3. The molecule has 0 spiro atoms. The second-order valence-corrected chi connectivity index (χ2v) is 12.4. The summed E-state index contributed by atoms with van der Waals surface area (Å²) in [5, 5.41) is 4.92. The van der Waals surface area contributed by atoms with Crippen LogP contribution in [0.5, 0.6) is 0 Å². The van der Waals surface area contributed by atoms with Crippen molar-refractivity contribution in [3.05, 3.63) is 33.5 Å². The van der Waals surface area contributed by atoms with Gasteiger partial charge in [-0.25, -0.2) is 18.0 Å². The van der Waals surface area contributed by atoms with E-state index in [1.807, 2.05) is 0 Å². The van der Waals surface area contributed by atoms with Crippen molar-refractivity contribution in [2.24, 2.45) is 5.92 Å². The monoisotopic (exact) mass is 541 g/mol. The summed E-state index contributed by atoms with van der Waals surface area (Å²) >= 11 is 2.38. The number of amides is 2. The predicted octanol–water partition coefficient (Wildman–Crippen LogP) is 3.15. The van der Waals surface area contributed by atoms with Crippen LogP contribution < -0.4 is 5.32 Å². The van der Waals surface area contributed by atoms with Crippen LogP contribution in [0.4, 0.5) is 9.80 Å². The molecule has 0 radical (unpaired) electrons. The Morgan fingerprint density at radius 3 is 2.74 bits per heavy atom. The summed E-state index contributed by atoms with van der Waals surface area (Å²) in [4.78, 5) is 40.3. The summed E-state index contributed by atoms with van der Waals surface area (Å²) in [6.45, 7) is 3.09. The molecule has 0 aliphatic carbocycles. The zero-order chi connectivity index (χ0) is 25.2. The lowest BCUT2D eigenvalue weighted by Gasteiger charge is -2.30. The number of piperidine rings is 1. The number of hydrogen-bond donors (Lipinski definition) is 1. The van der Waals surface area contributed by atoms with Gasteiger partial charge in [-0.3, -0.25) is 4.79 Å². The molecule has 1 saturated heterocycles. The van der Waals surface area contributed by atoms with Gasteiger partial charge in [0.15, 0.2) is 0 Å². The van der Waals surface area contributed by atoms with Gasteiger partial charge in [0, 0.05) is 24.5 Å². The number of fused-ring (bicyclic) bond motifs is 1. The topological polar surface area (TPSA) is 122 Å². The number of methoxy groups -OCH3 is 1. The SMILES string of the molecule is CCOC(=O)N1CCc2c(sc(NC(=O)C3CCCN(S(=O)(=O)c4cccs4)C3)c2C(=O)OC)C1. The Bertz CT molecular complexity index is 1210. The van der Waals surface area contributed by atoms with Crippen molar-refractivity contribution >= 4 is 55.7 Å². The van der Waals surface area contributed by atoms with Crippen LogP contribution in [0.1, 0.15) is 40.6 Å². The summed E-state index contributed by atoms with van der Waals surface area (Å²) in [6, 6.07) is 3.24. The van der Waals surface area contributed by atoms with E-state index in [4.69, 9.17) is 9.47 Å². The van der Waals surface area contributed by atoms with Gasteiger partial charge in [-0.15, -0.1) is 22.7 Å². The highest BCUT2D eigenvalue weighted by atomic mass is 32.2. The van der Waals surface area contributed by atoms with E-state index < -0.39 is 28.0 Å². The fourth-order valence-electron chi connectivity index (χ4n) is 4.31. The van der Waals surface area contributed by atoms with E-state index in [9.17, 15) is 22.8 Å². The first-order valence-electron chi connectivity index (χ1n) is 11.2. The number of hydrogen-bond acceptors (Lipinski definition) is 9. The quantitative estimate of drug-likeness (QED) is 0.558. The normalized spacial score (nSPS) is 18.6. The van der Waals surface area contributed by atoms with Crippen LogP contribution in [0.15, 0.2) is 21.7 Å². The summed E-state index contributed by atoms with van der Waals surface area (Å²) < 4.78 is 37.5. The molecular formula is C22H27N3O7S3. The summed E-state index contributed by atoms with van der Waals surface area (Å²) in [5.74, 6) is -1.46. The number of ether oxygens (including phenoxy) is 2. The van der Waals surface area contributed by atoms with E-state index >= 15 is 0 Å². The Kier molecular flexibility index (Phi) is 7.79. The predicted molar refractivity (Wildman–Crippen MR) is 131 cm³/mol. The van der Waals surface area contributed by atoms with Gasteiger partial charge in [-0.05, 0) is 43.2 Å². The lowest BCUT2D eigenvalue weighted by atomic mass is 9.98. The van der Waals surface area contributed by atoms with Crippen LogP contribution in [0.2, 0.25) is 0 Å². The van der Waals surface area contributed by atoms with E-state index in [1.165, 1.54) is 22.8 Å². The largest absolute Gasteiger partial charge is 0.465 e. The van der Waals surface area contributed by atoms with E-state index in [2.05, 4.69) is 5.32 Å². The third-order valence-electron chi connectivity index (χ3n) is 6.05. The first-order valence-corrected chi connectivity index (χ1v) is 14.4. The Labute approximate surface area is 211 Å². The molecule has 0 saturated carbocycles. The van der Waals surface area contributed by atoms with Gasteiger partial charge in [0.05, 0.1) is 31.7 Å². The molecule has 1 atom stereocenters. The highest BCUT2D eigenvalue weighted by Crippen LogP contribution is 2.38. The van der Waals surface area contributed by atoms with Gasteiger partial charge in [0.2, 0.25) is 5.91 Å². The van der Waals surface area contributed by atoms with Crippen LogP contribution in [-0.4, -0.2) is 68.9 Å². The lowest BCUT2D eigenvalue weighted by Crippen LogP contribution is -2.43. The molecule has 4 rings (SSSR count). The number of sulfonamides is 1. The molecule has 190 valence electrons. The molecule has 2 aromatic heterocycles. The standard InChI is InChI=1S/C22H27N3O7S3/c1-3-32-22(28)24-10-8-15-16(13-24)34-20(18(15)21(27)31-2)23-19(26)14-6-4-9-25(12-14)35(29,30)17-7-5-11-33-17/h5,7,11,14H,3-4,6,8-10,12-13H2,1-2H3,(H,23,26). The van der Waals surface area contributed by atoms with Crippen molar-refractivity contribution in [2.75, 3.05) is 38.7 Å². The molecule has 2 aliphatic heterocycles. The second-order valence-electron chi connectivity index (χ2n) is 8.19. The van der Waals surface area contributed by atoms with Crippen molar-refractivity contribution in [3.63, 3.8) is 0 Å². The summed E-state index contributed by atoms with van der Waals surface area (Å²) in [6.07, 6.45) is 1.10. The van der Waals surface area contributed by atoms with E-state index in [0.29, 0.717) is 42.9 Å². The minimum absolute atomic E-state index is 0.0708. The van der Waals surface area contributed by atoms with Crippen LogP contribution >= 0.6 is 22.7 Å². The molecule has 10 nitrogen and oxygen atoms in total. The number of thiophene rings is 2. The van der Waals surface area contributed by atoms with Gasteiger partial charge >= 0.3 is 12.1 Å². The highest BCUT2D eigenvalue weighted by Gasteiger charge is 2.36. The molecule has 0 bridgehead atoms. The van der Waals surface area contributed by atoms with E-state index in [-0.39, 0.29) is 29.8 Å². The molecule has 35 heavy (non-hydrogen) atoms. The number of nitrogens with one attached hydrogen (secondary N) is 1. The maximum Gasteiger partial charge on any atom is 0.410 e. The number of nitrogens with zero attached hydrogens (tertiary/aromatic N) is 2. The van der Waals surface area contributed by atoms with Crippen molar-refractivity contribution in [3.8, 4) is 0 Å². The van der Waals surface area contributed by atoms with Crippen LogP contribution in [-0.2, 0) is 37.3 Å². The fourth-order valence-corrected chi connectivity index (χ4v) is 8.23. The Morgan fingerprint density at radius 2 is 2.06 bits per heavy atom. The molecule has 2 amide bonds. The zero-order valence-corrected chi connectivity index (χ0v) is 21.9. The Balaban J connectivity index is 1.53. The second kappa shape index (κ2) is 10.6. The number of anilines is 1. The minimum atomic E-state index is -3.65. The number of esters is 1. The fraction of sp³-hybridized carbons (Fsp3) is 0.500. The third-order valence-corrected chi connectivity index (χ3v) is 10.4. The highest BCUT2D eigenvalue weighted by molar-refractivity contribution is 7.91. The average molecular weight is 542 g/mol. The minimum Gasteiger partial charge on any atom is -0.465 e. The Hall–Kier alpha value is -2.48. The van der Waals surface area contributed by atoms with E-state index in [1.54, 1.807) is 29.3 Å². The average Bonchev–Trinajstić information content (AvgIpc) is 3.52. The first kappa shape index (κ1) is 25.6. The first-order chi connectivity index (χ1) is 16.8. The van der Waals surface area contributed by atoms with Crippen molar-refractivity contribution < 1.29 is 32.3 Å². The van der Waals surface area contributed by atoms with Crippen LogP contribution in [0.3, 0.4) is 0 Å². The van der Waals surface area contributed by atoms with Gasteiger partial charge in [-0.1, -0.05) is 6.07 Å². The molecule has 2 aromatic rings. The molecule has 2 aliphatic rings. The summed E-state index contributed by atoms with van der Waals surface area (Å²) in [7, 11) is -2.38. The molecular weight excluding hydrogens is 514 g/mol. The van der Waals surface area contributed by atoms with Crippen LogP contribution in [0, 0.1) is 5.92 Å². The summed E-state index contributed by atoms with van der Waals surface area (Å²) in [5.41, 5.74) is 1.05.